The summed E-state index contributed by atoms with van der Waals surface area (Å²) in [6, 6.07) is 20.5. The van der Waals surface area contributed by atoms with Gasteiger partial charge in [0.25, 0.3) is 11.8 Å². The highest BCUT2D eigenvalue weighted by Crippen LogP contribution is 2.35. The lowest BCUT2D eigenvalue weighted by molar-refractivity contribution is -0.125. The van der Waals surface area contributed by atoms with E-state index < -0.39 is 17.9 Å². The lowest BCUT2D eigenvalue weighted by Gasteiger charge is -2.35. The van der Waals surface area contributed by atoms with Gasteiger partial charge in [-0.15, -0.1) is 0 Å². The molecule has 0 radical (unpaired) electrons. The second-order valence-electron chi connectivity index (χ2n) is 16.6. The number of allylic oxidation sites excluding steroid dienone is 2. The number of piperidine rings is 1. The molecule has 4 amide bonds. The third-order valence-corrected chi connectivity index (χ3v) is 12.3. The minimum atomic E-state index is -0.805. The zero-order valence-electron chi connectivity index (χ0n) is 34.5. The molecule has 0 saturated carbocycles. The number of likely N-dealkylation sites (tertiary alicyclic amines) is 1. The molecule has 12 nitrogen and oxygen atoms in total. The quantitative estimate of drug-likeness (QED) is 0.0382. The number of ketones is 1. The van der Waals surface area contributed by atoms with Gasteiger partial charge >= 0.3 is 0 Å². The SMILES string of the molecule is C=C1CCC(N2C(=O)c3ccc(NCCCCCCCCCCCC(=O)NCCc4ccc(N5C[C@@H]6C[C@H]5CN6/C=C/C(=O)c5ccccc5O)cc4)cc3C2=O)C(=O)N1. The number of imide groups is 1. The van der Waals surface area contributed by atoms with Crippen LogP contribution in [0.4, 0.5) is 11.4 Å². The Kier molecular flexibility index (Phi) is 14.0. The second-order valence-corrected chi connectivity index (χ2v) is 16.6. The van der Waals surface area contributed by atoms with Crippen LogP contribution >= 0.6 is 0 Å². The Morgan fingerprint density at radius 2 is 1.53 bits per heavy atom. The number of benzene rings is 3. The first kappa shape index (κ1) is 42.2. The van der Waals surface area contributed by atoms with Gasteiger partial charge in [0.05, 0.1) is 16.7 Å². The maximum Gasteiger partial charge on any atom is 0.262 e. The van der Waals surface area contributed by atoms with Gasteiger partial charge in [0.15, 0.2) is 5.78 Å². The molecule has 12 heteroatoms. The van der Waals surface area contributed by atoms with E-state index in [0.29, 0.717) is 60.3 Å². The Bertz CT molecular complexity index is 2100. The van der Waals surface area contributed by atoms with Crippen LogP contribution in [0.1, 0.15) is 120 Å². The van der Waals surface area contributed by atoms with Crippen LogP contribution in [0.3, 0.4) is 0 Å². The maximum atomic E-state index is 13.1. The molecule has 0 spiro atoms. The number of para-hydroxylation sites is 1. The van der Waals surface area contributed by atoms with Crippen LogP contribution in [0.15, 0.2) is 91.3 Å². The zero-order chi connectivity index (χ0) is 42.0. The molecule has 2 bridgehead atoms. The molecule has 0 aromatic heterocycles. The van der Waals surface area contributed by atoms with Crippen molar-refractivity contribution in [1.29, 1.82) is 0 Å². The standard InChI is InChI=1S/C48H58N6O6/c1-33-16-23-42(46(58)51-33)54-47(59)39-22-19-35(29-41(39)48(54)60)49-26-12-8-6-4-2-3-5-7-9-15-45(57)50-27-24-34-17-20-36(21-18-34)53-32-37-30-38(53)31-52(37)28-25-44(56)40-13-10-11-14-43(40)55/h10-11,13-14,17-22,25,28-29,37-38,42,49,55H,1-9,12,15-16,23-24,26-27,30-32H2,(H,50,57)(H,51,58)/b28-25+/t37-,38-,42?/m0/s1. The molecule has 4 aliphatic heterocycles. The summed E-state index contributed by atoms with van der Waals surface area (Å²) in [5.74, 6) is -1.26. The van der Waals surface area contributed by atoms with Gasteiger partial charge in [-0.25, -0.2) is 0 Å². The molecule has 4 heterocycles. The maximum absolute atomic E-state index is 13.1. The molecule has 3 aromatic rings. The van der Waals surface area contributed by atoms with Crippen molar-refractivity contribution in [2.45, 2.75) is 108 Å². The first-order chi connectivity index (χ1) is 29.2. The highest BCUT2D eigenvalue weighted by molar-refractivity contribution is 6.23. The highest BCUT2D eigenvalue weighted by Gasteiger charge is 2.44. The van der Waals surface area contributed by atoms with Crippen molar-refractivity contribution in [3.8, 4) is 5.75 Å². The lowest BCUT2D eigenvalue weighted by Crippen LogP contribution is -2.51. The average molecular weight is 815 g/mol. The number of phenolic OH excluding ortho intramolecular Hbond substituents is 1. The first-order valence-corrected chi connectivity index (χ1v) is 21.8. The monoisotopic (exact) mass is 814 g/mol. The fourth-order valence-electron chi connectivity index (χ4n) is 8.96. The summed E-state index contributed by atoms with van der Waals surface area (Å²) < 4.78 is 0. The molecule has 4 N–H and O–H groups in total. The minimum absolute atomic E-state index is 0.00412. The van der Waals surface area contributed by atoms with Crippen molar-refractivity contribution in [2.24, 2.45) is 0 Å². The molecule has 3 aromatic carbocycles. The molecular formula is C48H58N6O6. The Labute approximate surface area is 353 Å². The largest absolute Gasteiger partial charge is 0.507 e. The second kappa shape index (κ2) is 19.9. The van der Waals surface area contributed by atoms with Gasteiger partial charge in [-0.05, 0) is 86.6 Å². The van der Waals surface area contributed by atoms with E-state index in [9.17, 15) is 29.1 Å². The summed E-state index contributed by atoms with van der Waals surface area (Å²) in [6.07, 6.45) is 16.8. The van der Waals surface area contributed by atoms with E-state index in [0.717, 1.165) is 75.2 Å². The highest BCUT2D eigenvalue weighted by atomic mass is 16.3. The van der Waals surface area contributed by atoms with Crippen LogP contribution in [0, 0.1) is 0 Å². The number of rotatable bonds is 21. The predicted octanol–water partition coefficient (Wildman–Crippen LogP) is 7.11. The van der Waals surface area contributed by atoms with E-state index in [1.165, 1.54) is 43.0 Å². The number of amides is 4. The summed E-state index contributed by atoms with van der Waals surface area (Å²) >= 11 is 0. The van der Waals surface area contributed by atoms with Gasteiger partial charge in [0.2, 0.25) is 11.8 Å². The van der Waals surface area contributed by atoms with Crippen LogP contribution < -0.4 is 20.9 Å². The number of carbonyl (C=O) groups is 5. The Morgan fingerprint density at radius 3 is 2.25 bits per heavy atom. The molecule has 60 heavy (non-hydrogen) atoms. The normalized spacial score (nSPS) is 19.7. The van der Waals surface area contributed by atoms with Crippen LogP contribution in [0.5, 0.6) is 5.75 Å². The summed E-state index contributed by atoms with van der Waals surface area (Å²) in [5.41, 5.74) is 4.82. The summed E-state index contributed by atoms with van der Waals surface area (Å²) in [5, 5.41) is 19.1. The fourth-order valence-corrected chi connectivity index (χ4v) is 8.96. The number of piperazine rings is 1. The third-order valence-electron chi connectivity index (χ3n) is 12.3. The van der Waals surface area contributed by atoms with Gasteiger partial charge in [-0.2, -0.15) is 0 Å². The number of carbonyl (C=O) groups excluding carboxylic acids is 5. The van der Waals surface area contributed by atoms with Crippen molar-refractivity contribution in [1.82, 2.24) is 20.4 Å². The van der Waals surface area contributed by atoms with Crippen molar-refractivity contribution in [3.05, 3.63) is 114 Å². The molecule has 3 saturated heterocycles. The van der Waals surface area contributed by atoms with Crippen LogP contribution in [-0.2, 0) is 16.0 Å². The molecular weight excluding hydrogens is 757 g/mol. The van der Waals surface area contributed by atoms with Crippen molar-refractivity contribution >= 4 is 40.8 Å². The Balaban J connectivity index is 0.683. The molecule has 4 aliphatic rings. The summed E-state index contributed by atoms with van der Waals surface area (Å²) in [6.45, 7) is 6.96. The summed E-state index contributed by atoms with van der Waals surface area (Å²) in [4.78, 5) is 69.3. The lowest BCUT2D eigenvalue weighted by atomic mass is 10.0. The van der Waals surface area contributed by atoms with E-state index >= 15 is 0 Å². The molecule has 3 atom stereocenters. The van der Waals surface area contributed by atoms with Gasteiger partial charge < -0.3 is 30.9 Å². The number of hydrogen-bond donors (Lipinski definition) is 4. The first-order valence-electron chi connectivity index (χ1n) is 21.8. The summed E-state index contributed by atoms with van der Waals surface area (Å²) in [7, 11) is 0. The number of aromatic hydroxyl groups is 1. The fraction of sp³-hybridized carbons (Fsp3) is 0.438. The molecule has 3 fully saturated rings. The number of anilines is 2. The van der Waals surface area contributed by atoms with Crippen LogP contribution in [0.2, 0.25) is 0 Å². The van der Waals surface area contributed by atoms with Gasteiger partial charge in [-0.3, -0.25) is 28.9 Å². The van der Waals surface area contributed by atoms with E-state index in [1.807, 2.05) is 12.3 Å². The van der Waals surface area contributed by atoms with Crippen molar-refractivity contribution in [2.75, 3.05) is 36.4 Å². The Morgan fingerprint density at radius 1 is 0.817 bits per heavy atom. The minimum Gasteiger partial charge on any atom is -0.507 e. The molecule has 0 aliphatic carbocycles. The smallest absolute Gasteiger partial charge is 0.262 e. The van der Waals surface area contributed by atoms with E-state index in [-0.39, 0.29) is 23.3 Å². The van der Waals surface area contributed by atoms with Gasteiger partial charge in [-0.1, -0.05) is 75.8 Å². The molecule has 1 unspecified atom stereocenters. The molecule has 316 valence electrons. The third kappa shape index (κ3) is 10.3. The molecule has 7 rings (SSSR count). The average Bonchev–Trinajstić information content (AvgIpc) is 3.92. The number of nitrogens with one attached hydrogen (secondary N) is 3. The topological polar surface area (TPSA) is 151 Å². The van der Waals surface area contributed by atoms with E-state index in [1.54, 1.807) is 36.4 Å². The van der Waals surface area contributed by atoms with Crippen LogP contribution in [0.25, 0.3) is 0 Å². The van der Waals surface area contributed by atoms with E-state index in [4.69, 9.17) is 0 Å². The Hall–Kier alpha value is -5.91. The van der Waals surface area contributed by atoms with Crippen molar-refractivity contribution < 1.29 is 29.1 Å². The number of fused-ring (bicyclic) bond motifs is 3. The van der Waals surface area contributed by atoms with Crippen molar-refractivity contribution in [3.63, 3.8) is 0 Å². The number of phenols is 1. The number of hydrogen-bond acceptors (Lipinski definition) is 9. The van der Waals surface area contributed by atoms with Gasteiger partial charge in [0, 0.05) is 74.0 Å². The van der Waals surface area contributed by atoms with E-state index in [2.05, 4.69) is 56.6 Å². The number of unbranched alkanes of at least 4 members (excludes halogenated alkanes) is 8. The van der Waals surface area contributed by atoms with Crippen LogP contribution in [-0.4, -0.2) is 88.6 Å². The predicted molar refractivity (Wildman–Crippen MR) is 233 cm³/mol. The zero-order valence-corrected chi connectivity index (χ0v) is 34.5. The number of nitrogens with zero attached hydrogens (tertiary/aromatic N) is 3. The van der Waals surface area contributed by atoms with Gasteiger partial charge in [0.1, 0.15) is 11.8 Å².